The van der Waals surface area contributed by atoms with Crippen molar-refractivity contribution in [1.82, 2.24) is 0 Å². The van der Waals surface area contributed by atoms with Gasteiger partial charge in [0.05, 0.1) is 5.56 Å². The molecule has 1 aromatic heterocycles. The molecule has 2 aliphatic rings. The van der Waals surface area contributed by atoms with Crippen LogP contribution in [0.5, 0.6) is 11.5 Å². The fourth-order valence-corrected chi connectivity index (χ4v) is 5.23. The van der Waals surface area contributed by atoms with E-state index in [1.54, 1.807) is 29.5 Å². The predicted octanol–water partition coefficient (Wildman–Crippen LogP) is 5.14. The average Bonchev–Trinajstić information content (AvgIpc) is 3.30. The minimum Gasteiger partial charge on any atom is -0.454 e. The fourth-order valence-electron chi connectivity index (χ4n) is 3.96. The average molecular weight is 397 g/mol. The first-order valence-electron chi connectivity index (χ1n) is 9.68. The third-order valence-corrected chi connectivity index (χ3v) is 7.43. The lowest BCUT2D eigenvalue weighted by atomic mass is 9.69. The van der Waals surface area contributed by atoms with Gasteiger partial charge in [-0.05, 0) is 54.4 Å². The maximum Gasteiger partial charge on any atom is 0.256 e. The van der Waals surface area contributed by atoms with Crippen LogP contribution in [0, 0.1) is 22.7 Å². The van der Waals surface area contributed by atoms with Crippen molar-refractivity contribution >= 4 is 22.2 Å². The molecule has 0 bridgehead atoms. The van der Waals surface area contributed by atoms with Gasteiger partial charge in [-0.2, -0.15) is 5.26 Å². The first kappa shape index (κ1) is 18.8. The number of rotatable bonds is 4. The van der Waals surface area contributed by atoms with Gasteiger partial charge in [0.2, 0.25) is 6.79 Å². The van der Waals surface area contributed by atoms with E-state index < -0.39 is 0 Å². The molecular formula is C22H24N2O3S. The van der Waals surface area contributed by atoms with Crippen molar-refractivity contribution in [3.05, 3.63) is 39.8 Å². The van der Waals surface area contributed by atoms with E-state index in [9.17, 15) is 10.1 Å². The Morgan fingerprint density at radius 1 is 1.36 bits per heavy atom. The highest BCUT2D eigenvalue weighted by Gasteiger charge is 2.34. The van der Waals surface area contributed by atoms with Gasteiger partial charge < -0.3 is 14.8 Å². The Morgan fingerprint density at radius 2 is 2.14 bits per heavy atom. The molecule has 0 unspecified atom stereocenters. The molecule has 0 saturated carbocycles. The number of ether oxygens (including phenoxy) is 2. The third-order valence-electron chi connectivity index (χ3n) is 6.26. The summed E-state index contributed by atoms with van der Waals surface area (Å²) in [6.45, 7) is 7.06. The summed E-state index contributed by atoms with van der Waals surface area (Å²) in [5, 5.41) is 13.3. The van der Waals surface area contributed by atoms with Crippen molar-refractivity contribution in [2.45, 2.75) is 46.5 Å². The van der Waals surface area contributed by atoms with E-state index in [0.29, 0.717) is 33.5 Å². The number of nitrogens with one attached hydrogen (secondary N) is 1. The molecule has 1 amide bonds. The number of thiophene rings is 1. The normalized spacial score (nSPS) is 17.7. The topological polar surface area (TPSA) is 71.3 Å². The molecule has 146 valence electrons. The molecule has 2 heterocycles. The summed E-state index contributed by atoms with van der Waals surface area (Å²) in [6.07, 6.45) is 4.12. The number of amides is 1. The standard InChI is InChI=1S/C22H24N2O3S/c1-4-22(2,3)14-6-7-15-16(11-23)21(28-19(15)10-14)24-20(25)13-5-8-17-18(9-13)27-12-26-17/h5,8-9,14H,4,6-7,10,12H2,1-3H3,(H,24,25)/t14-/m1/s1. The SMILES string of the molecule is CCC(C)(C)[C@@H]1CCc2c(sc(NC(=O)c3ccc4c(c3)OCO4)c2C#N)C1. The van der Waals surface area contributed by atoms with Gasteiger partial charge in [-0.25, -0.2) is 0 Å². The van der Waals surface area contributed by atoms with Gasteiger partial charge in [-0.3, -0.25) is 4.79 Å². The maximum absolute atomic E-state index is 12.8. The van der Waals surface area contributed by atoms with Crippen LogP contribution in [0.4, 0.5) is 5.00 Å². The van der Waals surface area contributed by atoms with E-state index >= 15 is 0 Å². The number of hydrogen-bond acceptors (Lipinski definition) is 5. The molecule has 5 nitrogen and oxygen atoms in total. The van der Waals surface area contributed by atoms with Crippen molar-refractivity contribution in [2.75, 3.05) is 12.1 Å². The van der Waals surface area contributed by atoms with Crippen LogP contribution in [0.3, 0.4) is 0 Å². The summed E-state index contributed by atoms with van der Waals surface area (Å²) >= 11 is 1.55. The monoisotopic (exact) mass is 396 g/mol. The minimum absolute atomic E-state index is 0.173. The second-order valence-corrected chi connectivity index (χ2v) is 9.23. The van der Waals surface area contributed by atoms with Gasteiger partial charge >= 0.3 is 0 Å². The second-order valence-electron chi connectivity index (χ2n) is 8.12. The summed E-state index contributed by atoms with van der Waals surface area (Å²) in [7, 11) is 0. The van der Waals surface area contributed by atoms with Crippen LogP contribution in [0.25, 0.3) is 0 Å². The Kier molecular flexibility index (Phi) is 4.80. The Bertz CT molecular complexity index is 971. The molecule has 1 aliphatic heterocycles. The van der Waals surface area contributed by atoms with Crippen LogP contribution in [0.15, 0.2) is 18.2 Å². The van der Waals surface area contributed by atoms with Gasteiger partial charge in [-0.15, -0.1) is 11.3 Å². The molecule has 1 N–H and O–H groups in total. The Labute approximate surface area is 169 Å². The molecule has 2 aromatic rings. The number of nitrogens with zero attached hydrogens (tertiary/aromatic N) is 1. The number of nitriles is 1. The van der Waals surface area contributed by atoms with E-state index in [2.05, 4.69) is 32.2 Å². The van der Waals surface area contributed by atoms with Crippen molar-refractivity contribution in [3.8, 4) is 17.6 Å². The van der Waals surface area contributed by atoms with Crippen LogP contribution in [0.1, 0.15) is 60.0 Å². The van der Waals surface area contributed by atoms with Crippen molar-refractivity contribution in [1.29, 1.82) is 5.26 Å². The van der Waals surface area contributed by atoms with Crippen molar-refractivity contribution in [3.63, 3.8) is 0 Å². The number of carbonyl (C=O) groups excluding carboxylic acids is 1. The summed E-state index contributed by atoms with van der Waals surface area (Å²) in [5.41, 5.74) is 2.52. The molecule has 1 aliphatic carbocycles. The lowest BCUT2D eigenvalue weighted by Crippen LogP contribution is -2.28. The highest BCUT2D eigenvalue weighted by molar-refractivity contribution is 7.16. The first-order chi connectivity index (χ1) is 13.4. The molecule has 6 heteroatoms. The fraction of sp³-hybridized carbons (Fsp3) is 0.455. The second kappa shape index (κ2) is 7.14. The molecular weight excluding hydrogens is 372 g/mol. The van der Waals surface area contributed by atoms with Gasteiger partial charge in [0.1, 0.15) is 11.1 Å². The van der Waals surface area contributed by atoms with Gasteiger partial charge in [0, 0.05) is 10.4 Å². The van der Waals surface area contributed by atoms with Crippen molar-refractivity contribution < 1.29 is 14.3 Å². The molecule has 28 heavy (non-hydrogen) atoms. The van der Waals surface area contributed by atoms with Gasteiger partial charge in [-0.1, -0.05) is 27.2 Å². The Morgan fingerprint density at radius 3 is 2.89 bits per heavy atom. The van der Waals surface area contributed by atoms with Crippen LogP contribution in [-0.2, 0) is 12.8 Å². The zero-order valence-corrected chi connectivity index (χ0v) is 17.2. The molecule has 1 aromatic carbocycles. The number of carbonyl (C=O) groups is 1. The lowest BCUT2D eigenvalue weighted by Gasteiger charge is -2.36. The Hall–Kier alpha value is -2.52. The molecule has 0 spiro atoms. The summed E-state index contributed by atoms with van der Waals surface area (Å²) in [5.74, 6) is 1.58. The number of anilines is 1. The van der Waals surface area contributed by atoms with E-state index in [1.165, 1.54) is 4.88 Å². The minimum atomic E-state index is -0.237. The van der Waals surface area contributed by atoms with E-state index in [1.807, 2.05) is 0 Å². The van der Waals surface area contributed by atoms with Gasteiger partial charge in [0.25, 0.3) is 5.91 Å². The van der Waals surface area contributed by atoms with E-state index in [-0.39, 0.29) is 18.1 Å². The molecule has 1 atom stereocenters. The number of hydrogen-bond donors (Lipinski definition) is 1. The highest BCUT2D eigenvalue weighted by atomic mass is 32.1. The number of fused-ring (bicyclic) bond motifs is 2. The predicted molar refractivity (Wildman–Crippen MR) is 109 cm³/mol. The van der Waals surface area contributed by atoms with Crippen LogP contribution >= 0.6 is 11.3 Å². The van der Waals surface area contributed by atoms with Crippen molar-refractivity contribution in [2.24, 2.45) is 11.3 Å². The van der Waals surface area contributed by atoms with E-state index in [0.717, 1.165) is 31.2 Å². The van der Waals surface area contributed by atoms with Crippen LogP contribution < -0.4 is 14.8 Å². The quantitative estimate of drug-likeness (QED) is 0.776. The third kappa shape index (κ3) is 3.24. The largest absolute Gasteiger partial charge is 0.454 e. The molecule has 0 saturated heterocycles. The first-order valence-corrected chi connectivity index (χ1v) is 10.5. The smallest absolute Gasteiger partial charge is 0.256 e. The van der Waals surface area contributed by atoms with Gasteiger partial charge in [0.15, 0.2) is 11.5 Å². The lowest BCUT2D eigenvalue weighted by molar-refractivity contribution is 0.102. The maximum atomic E-state index is 12.8. The van der Waals surface area contributed by atoms with E-state index in [4.69, 9.17) is 9.47 Å². The summed E-state index contributed by atoms with van der Waals surface area (Å²) in [4.78, 5) is 14.0. The molecule has 0 radical (unpaired) electrons. The zero-order valence-electron chi connectivity index (χ0n) is 16.4. The number of benzene rings is 1. The highest BCUT2D eigenvalue weighted by Crippen LogP contribution is 2.45. The van der Waals surface area contributed by atoms with Crippen LogP contribution in [-0.4, -0.2) is 12.7 Å². The van der Waals surface area contributed by atoms with Crippen LogP contribution in [0.2, 0.25) is 0 Å². The summed E-state index contributed by atoms with van der Waals surface area (Å²) < 4.78 is 10.6. The molecule has 4 rings (SSSR count). The summed E-state index contributed by atoms with van der Waals surface area (Å²) in [6, 6.07) is 7.44. The molecule has 0 fully saturated rings. The zero-order chi connectivity index (χ0) is 19.9. The Balaban J connectivity index is 1.58.